The fraction of sp³-hybridized carbons (Fsp3) is 0.200. The monoisotopic (exact) mass is 190 g/mol. The molecule has 0 radical (unpaired) electrons. The minimum Gasteiger partial charge on any atom is -0.261 e. The Hall–Kier alpha value is -1.22. The van der Waals surface area contributed by atoms with E-state index in [0.717, 1.165) is 5.69 Å². The number of aromatic nitrogens is 2. The van der Waals surface area contributed by atoms with Crippen LogP contribution in [0.25, 0.3) is 0 Å². The summed E-state index contributed by atoms with van der Waals surface area (Å²) in [5.41, 5.74) is 1.03. The third-order valence-electron chi connectivity index (χ3n) is 2.00. The van der Waals surface area contributed by atoms with Crippen LogP contribution in [0.1, 0.15) is 23.4 Å². The Morgan fingerprint density at radius 1 is 1.38 bits per heavy atom. The lowest BCUT2D eigenvalue weighted by molar-refractivity contribution is 0.875. The zero-order valence-electron chi connectivity index (χ0n) is 7.34. The maximum absolute atomic E-state index is 4.28. The van der Waals surface area contributed by atoms with Gasteiger partial charge in [0.15, 0.2) is 0 Å². The highest BCUT2D eigenvalue weighted by Crippen LogP contribution is 2.25. The first-order valence-corrected chi connectivity index (χ1v) is 5.05. The first-order valence-electron chi connectivity index (χ1n) is 4.17. The van der Waals surface area contributed by atoms with Gasteiger partial charge in [0.2, 0.25) is 0 Å². The van der Waals surface area contributed by atoms with E-state index in [1.165, 1.54) is 4.88 Å². The molecule has 0 aliphatic carbocycles. The van der Waals surface area contributed by atoms with Crippen LogP contribution in [0.4, 0.5) is 0 Å². The average Bonchev–Trinajstić information content (AvgIpc) is 2.71. The summed E-state index contributed by atoms with van der Waals surface area (Å²) in [4.78, 5) is 9.67. The molecule has 0 saturated heterocycles. The molecular weight excluding hydrogens is 180 g/mol. The van der Waals surface area contributed by atoms with Gasteiger partial charge in [-0.25, -0.2) is 0 Å². The van der Waals surface area contributed by atoms with Gasteiger partial charge in [-0.15, -0.1) is 11.3 Å². The van der Waals surface area contributed by atoms with Crippen LogP contribution in [0.3, 0.4) is 0 Å². The van der Waals surface area contributed by atoms with E-state index in [-0.39, 0.29) is 0 Å². The highest BCUT2D eigenvalue weighted by molar-refractivity contribution is 7.10. The summed E-state index contributed by atoms with van der Waals surface area (Å²) in [6.07, 6.45) is 5.26. The van der Waals surface area contributed by atoms with E-state index < -0.39 is 0 Å². The second-order valence-corrected chi connectivity index (χ2v) is 3.85. The molecule has 0 aliphatic rings. The SMILES string of the molecule is CC(c1cnccn1)c1cccs1. The molecule has 0 aromatic carbocycles. The van der Waals surface area contributed by atoms with Gasteiger partial charge in [-0.2, -0.15) is 0 Å². The molecule has 13 heavy (non-hydrogen) atoms. The van der Waals surface area contributed by atoms with Gasteiger partial charge >= 0.3 is 0 Å². The van der Waals surface area contributed by atoms with Gasteiger partial charge in [-0.3, -0.25) is 9.97 Å². The van der Waals surface area contributed by atoms with Crippen LogP contribution in [0.2, 0.25) is 0 Å². The lowest BCUT2D eigenvalue weighted by atomic mass is 10.1. The predicted octanol–water partition coefficient (Wildman–Crippen LogP) is 2.69. The van der Waals surface area contributed by atoms with Crippen molar-refractivity contribution < 1.29 is 0 Å². The Morgan fingerprint density at radius 3 is 2.92 bits per heavy atom. The molecule has 0 aliphatic heterocycles. The molecule has 2 nitrogen and oxygen atoms in total. The van der Waals surface area contributed by atoms with Crippen LogP contribution in [0.5, 0.6) is 0 Å². The lowest BCUT2D eigenvalue weighted by Gasteiger charge is -2.06. The maximum Gasteiger partial charge on any atom is 0.0666 e. The number of nitrogens with zero attached hydrogens (tertiary/aromatic N) is 2. The topological polar surface area (TPSA) is 25.8 Å². The first-order chi connectivity index (χ1) is 6.38. The molecule has 2 aromatic heterocycles. The molecule has 2 heterocycles. The summed E-state index contributed by atoms with van der Waals surface area (Å²) in [5.74, 6) is 0.355. The van der Waals surface area contributed by atoms with Crippen LogP contribution < -0.4 is 0 Å². The van der Waals surface area contributed by atoms with E-state index in [4.69, 9.17) is 0 Å². The Labute approximate surface area is 81.3 Å². The average molecular weight is 190 g/mol. The maximum atomic E-state index is 4.28. The minimum absolute atomic E-state index is 0.355. The van der Waals surface area contributed by atoms with Gasteiger partial charge in [-0.1, -0.05) is 13.0 Å². The third-order valence-corrected chi connectivity index (χ3v) is 3.05. The van der Waals surface area contributed by atoms with E-state index in [1.807, 2.05) is 6.20 Å². The van der Waals surface area contributed by atoms with Gasteiger partial charge in [-0.05, 0) is 11.4 Å². The summed E-state index contributed by atoms with van der Waals surface area (Å²) < 4.78 is 0. The molecule has 0 bridgehead atoms. The van der Waals surface area contributed by atoms with Gasteiger partial charge in [0, 0.05) is 29.4 Å². The molecule has 0 amide bonds. The van der Waals surface area contributed by atoms with Crippen molar-refractivity contribution in [3.05, 3.63) is 46.7 Å². The van der Waals surface area contributed by atoms with Crippen LogP contribution in [-0.4, -0.2) is 9.97 Å². The fourth-order valence-corrected chi connectivity index (χ4v) is 2.01. The van der Waals surface area contributed by atoms with Crippen LogP contribution >= 0.6 is 11.3 Å². The van der Waals surface area contributed by atoms with Crippen molar-refractivity contribution in [1.82, 2.24) is 9.97 Å². The highest BCUT2D eigenvalue weighted by atomic mass is 32.1. The zero-order chi connectivity index (χ0) is 9.10. The van der Waals surface area contributed by atoms with Crippen molar-refractivity contribution in [1.29, 1.82) is 0 Å². The minimum atomic E-state index is 0.355. The van der Waals surface area contributed by atoms with Crippen LogP contribution in [0, 0.1) is 0 Å². The van der Waals surface area contributed by atoms with Crippen molar-refractivity contribution in [2.75, 3.05) is 0 Å². The second kappa shape index (κ2) is 3.66. The molecule has 1 atom stereocenters. The summed E-state index contributed by atoms with van der Waals surface area (Å²) in [6, 6.07) is 4.19. The van der Waals surface area contributed by atoms with Crippen molar-refractivity contribution >= 4 is 11.3 Å². The summed E-state index contributed by atoms with van der Waals surface area (Å²) >= 11 is 1.76. The molecular formula is C10H10N2S. The van der Waals surface area contributed by atoms with Gasteiger partial charge in [0.1, 0.15) is 0 Å². The molecule has 1 unspecified atom stereocenters. The quantitative estimate of drug-likeness (QED) is 0.727. The molecule has 0 N–H and O–H groups in total. The largest absolute Gasteiger partial charge is 0.261 e. The summed E-state index contributed by atoms with van der Waals surface area (Å²) in [5, 5.41) is 2.09. The number of rotatable bonds is 2. The van der Waals surface area contributed by atoms with Crippen molar-refractivity contribution in [3.63, 3.8) is 0 Å². The van der Waals surface area contributed by atoms with Crippen molar-refractivity contribution in [2.24, 2.45) is 0 Å². The van der Waals surface area contributed by atoms with Gasteiger partial charge in [0.05, 0.1) is 5.69 Å². The molecule has 2 aromatic rings. The van der Waals surface area contributed by atoms with E-state index in [0.29, 0.717) is 5.92 Å². The Morgan fingerprint density at radius 2 is 2.31 bits per heavy atom. The van der Waals surface area contributed by atoms with Crippen molar-refractivity contribution in [3.8, 4) is 0 Å². The molecule has 0 saturated carbocycles. The number of thiophene rings is 1. The molecule has 66 valence electrons. The molecule has 3 heteroatoms. The fourth-order valence-electron chi connectivity index (χ4n) is 1.22. The third kappa shape index (κ3) is 1.75. The van der Waals surface area contributed by atoms with Crippen LogP contribution in [0.15, 0.2) is 36.1 Å². The number of hydrogen-bond donors (Lipinski definition) is 0. The van der Waals surface area contributed by atoms with E-state index >= 15 is 0 Å². The van der Waals surface area contributed by atoms with Gasteiger partial charge < -0.3 is 0 Å². The Bertz CT molecular complexity index is 356. The highest BCUT2D eigenvalue weighted by Gasteiger charge is 2.09. The predicted molar refractivity (Wildman–Crippen MR) is 53.9 cm³/mol. The Kier molecular flexibility index (Phi) is 2.36. The number of hydrogen-bond acceptors (Lipinski definition) is 3. The van der Waals surface area contributed by atoms with E-state index in [2.05, 4.69) is 34.4 Å². The zero-order valence-corrected chi connectivity index (χ0v) is 8.16. The standard InChI is InChI=1S/C10H10N2S/c1-8(10-3-2-6-13-10)9-7-11-4-5-12-9/h2-8H,1H3. The summed E-state index contributed by atoms with van der Waals surface area (Å²) in [7, 11) is 0. The first kappa shape index (κ1) is 8.38. The molecule has 0 fully saturated rings. The normalized spacial score (nSPS) is 12.7. The Balaban J connectivity index is 2.29. The summed E-state index contributed by atoms with van der Waals surface area (Å²) in [6.45, 7) is 2.15. The smallest absolute Gasteiger partial charge is 0.0666 e. The van der Waals surface area contributed by atoms with E-state index in [9.17, 15) is 0 Å². The van der Waals surface area contributed by atoms with Crippen LogP contribution in [-0.2, 0) is 0 Å². The van der Waals surface area contributed by atoms with E-state index in [1.54, 1.807) is 23.7 Å². The van der Waals surface area contributed by atoms with Crippen molar-refractivity contribution in [2.45, 2.75) is 12.8 Å². The lowest BCUT2D eigenvalue weighted by Crippen LogP contribution is -1.96. The molecule has 0 spiro atoms. The molecule has 2 rings (SSSR count). The second-order valence-electron chi connectivity index (χ2n) is 2.87. The van der Waals surface area contributed by atoms with Gasteiger partial charge in [0.25, 0.3) is 0 Å².